The van der Waals surface area contributed by atoms with Crippen molar-refractivity contribution in [3.05, 3.63) is 34.9 Å². The second kappa shape index (κ2) is 6.41. The zero-order valence-electron chi connectivity index (χ0n) is 9.46. The zero-order chi connectivity index (χ0) is 11.3. The molecule has 0 spiro atoms. The molecule has 0 aliphatic heterocycles. The lowest BCUT2D eigenvalue weighted by atomic mass is 10.1. The summed E-state index contributed by atoms with van der Waals surface area (Å²) < 4.78 is 0. The molecule has 0 aliphatic rings. The summed E-state index contributed by atoms with van der Waals surface area (Å²) >= 11 is 7.72. The van der Waals surface area contributed by atoms with Gasteiger partial charge in [0.15, 0.2) is 0 Å². The lowest BCUT2D eigenvalue weighted by Crippen LogP contribution is -2.25. The van der Waals surface area contributed by atoms with Gasteiger partial charge in [0.05, 0.1) is 0 Å². The van der Waals surface area contributed by atoms with Crippen LogP contribution in [-0.4, -0.2) is 18.1 Å². The highest BCUT2D eigenvalue weighted by Gasteiger charge is 2.06. The molecule has 0 saturated carbocycles. The zero-order valence-corrected chi connectivity index (χ0v) is 11.0. The Bertz CT molecular complexity index is 286. The van der Waals surface area contributed by atoms with Gasteiger partial charge in [-0.3, -0.25) is 0 Å². The molecule has 0 heterocycles. The van der Waals surface area contributed by atoms with Crippen molar-refractivity contribution in [1.82, 2.24) is 5.32 Å². The van der Waals surface area contributed by atoms with Crippen molar-refractivity contribution in [2.45, 2.75) is 25.1 Å². The summed E-state index contributed by atoms with van der Waals surface area (Å²) in [4.78, 5) is 0. The largest absolute Gasteiger partial charge is 0.309 e. The SMILES string of the molecule is CSC(C)CNC(C)c1ccc(Cl)cc1. The summed E-state index contributed by atoms with van der Waals surface area (Å²) in [5.74, 6) is 0. The molecule has 2 atom stereocenters. The average Bonchev–Trinajstić information content (AvgIpc) is 2.26. The molecule has 1 nitrogen and oxygen atoms in total. The Morgan fingerprint density at radius 2 is 1.87 bits per heavy atom. The number of hydrogen-bond donors (Lipinski definition) is 1. The van der Waals surface area contributed by atoms with Gasteiger partial charge in [-0.1, -0.05) is 30.7 Å². The van der Waals surface area contributed by atoms with Crippen LogP contribution in [0.25, 0.3) is 0 Å². The average molecular weight is 244 g/mol. The lowest BCUT2D eigenvalue weighted by Gasteiger charge is -2.16. The van der Waals surface area contributed by atoms with Gasteiger partial charge in [-0.05, 0) is 30.9 Å². The Balaban J connectivity index is 2.46. The van der Waals surface area contributed by atoms with Gasteiger partial charge < -0.3 is 5.32 Å². The highest BCUT2D eigenvalue weighted by atomic mass is 35.5. The fourth-order valence-electron chi connectivity index (χ4n) is 1.30. The predicted molar refractivity (Wildman–Crippen MR) is 70.8 cm³/mol. The topological polar surface area (TPSA) is 12.0 Å². The van der Waals surface area contributed by atoms with Crippen molar-refractivity contribution in [3.8, 4) is 0 Å². The summed E-state index contributed by atoms with van der Waals surface area (Å²) in [5.41, 5.74) is 1.28. The van der Waals surface area contributed by atoms with E-state index in [0.29, 0.717) is 11.3 Å². The normalized spacial score (nSPS) is 14.9. The van der Waals surface area contributed by atoms with Crippen LogP contribution in [0.3, 0.4) is 0 Å². The molecule has 3 heteroatoms. The molecule has 0 radical (unpaired) electrons. The molecule has 84 valence electrons. The van der Waals surface area contributed by atoms with Crippen LogP contribution < -0.4 is 5.32 Å². The molecular formula is C12H18ClNS. The van der Waals surface area contributed by atoms with Crippen LogP contribution in [0.15, 0.2) is 24.3 Å². The lowest BCUT2D eigenvalue weighted by molar-refractivity contribution is 0.576. The molecule has 0 aliphatic carbocycles. The van der Waals surface area contributed by atoms with Gasteiger partial charge in [-0.2, -0.15) is 11.8 Å². The van der Waals surface area contributed by atoms with E-state index in [1.54, 1.807) is 0 Å². The van der Waals surface area contributed by atoms with Crippen molar-refractivity contribution in [2.24, 2.45) is 0 Å². The van der Waals surface area contributed by atoms with Gasteiger partial charge in [0.1, 0.15) is 0 Å². The number of rotatable bonds is 5. The molecule has 0 amide bonds. The van der Waals surface area contributed by atoms with Gasteiger partial charge in [0.2, 0.25) is 0 Å². The van der Waals surface area contributed by atoms with Crippen molar-refractivity contribution in [1.29, 1.82) is 0 Å². The van der Waals surface area contributed by atoms with Crippen molar-refractivity contribution < 1.29 is 0 Å². The molecule has 0 aromatic heterocycles. The minimum absolute atomic E-state index is 0.386. The summed E-state index contributed by atoms with van der Waals surface area (Å²) in [7, 11) is 0. The number of benzene rings is 1. The molecule has 1 rings (SSSR count). The van der Waals surface area contributed by atoms with E-state index < -0.39 is 0 Å². The van der Waals surface area contributed by atoms with Crippen LogP contribution >= 0.6 is 23.4 Å². The molecule has 1 aromatic carbocycles. The molecule has 2 unspecified atom stereocenters. The van der Waals surface area contributed by atoms with Gasteiger partial charge in [-0.25, -0.2) is 0 Å². The Labute approximate surface area is 102 Å². The van der Waals surface area contributed by atoms with E-state index in [1.807, 2.05) is 23.9 Å². The van der Waals surface area contributed by atoms with E-state index in [-0.39, 0.29) is 0 Å². The summed E-state index contributed by atoms with van der Waals surface area (Å²) in [6.07, 6.45) is 2.14. The minimum Gasteiger partial charge on any atom is -0.309 e. The van der Waals surface area contributed by atoms with Gasteiger partial charge in [0, 0.05) is 22.9 Å². The second-order valence-electron chi connectivity index (χ2n) is 3.73. The molecular weight excluding hydrogens is 226 g/mol. The fourth-order valence-corrected chi connectivity index (χ4v) is 1.68. The third-order valence-electron chi connectivity index (χ3n) is 2.48. The number of nitrogens with one attached hydrogen (secondary N) is 1. The van der Waals surface area contributed by atoms with Crippen LogP contribution in [0, 0.1) is 0 Å². The smallest absolute Gasteiger partial charge is 0.0406 e. The maximum absolute atomic E-state index is 5.84. The first-order valence-electron chi connectivity index (χ1n) is 5.15. The third-order valence-corrected chi connectivity index (χ3v) is 3.71. The quantitative estimate of drug-likeness (QED) is 0.846. The van der Waals surface area contributed by atoms with Gasteiger partial charge in [-0.15, -0.1) is 0 Å². The number of thioether (sulfide) groups is 1. The molecule has 0 bridgehead atoms. The molecule has 0 saturated heterocycles. The maximum Gasteiger partial charge on any atom is 0.0406 e. The monoisotopic (exact) mass is 243 g/mol. The number of hydrogen-bond acceptors (Lipinski definition) is 2. The van der Waals surface area contributed by atoms with E-state index in [2.05, 4.69) is 37.6 Å². The molecule has 1 aromatic rings. The Morgan fingerprint density at radius 3 is 2.40 bits per heavy atom. The molecule has 15 heavy (non-hydrogen) atoms. The number of halogens is 1. The first-order valence-corrected chi connectivity index (χ1v) is 6.81. The Hall–Kier alpha value is -0.180. The molecule has 0 fully saturated rings. The van der Waals surface area contributed by atoms with Crippen LogP contribution in [0.2, 0.25) is 5.02 Å². The van der Waals surface area contributed by atoms with Crippen molar-refractivity contribution in [2.75, 3.05) is 12.8 Å². The van der Waals surface area contributed by atoms with E-state index in [4.69, 9.17) is 11.6 Å². The van der Waals surface area contributed by atoms with Crippen LogP contribution in [-0.2, 0) is 0 Å². The fraction of sp³-hybridized carbons (Fsp3) is 0.500. The summed E-state index contributed by atoms with van der Waals surface area (Å²) in [5, 5.41) is 4.95. The first kappa shape index (κ1) is 12.9. The minimum atomic E-state index is 0.386. The third kappa shape index (κ3) is 4.45. The van der Waals surface area contributed by atoms with Crippen LogP contribution in [0.5, 0.6) is 0 Å². The van der Waals surface area contributed by atoms with Crippen LogP contribution in [0.1, 0.15) is 25.5 Å². The van der Waals surface area contributed by atoms with E-state index in [9.17, 15) is 0 Å². The Kier molecular flexibility index (Phi) is 5.51. The highest BCUT2D eigenvalue weighted by Crippen LogP contribution is 2.16. The predicted octanol–water partition coefficient (Wildman–Crippen LogP) is 3.74. The maximum atomic E-state index is 5.84. The first-order chi connectivity index (χ1) is 7.13. The second-order valence-corrected chi connectivity index (χ2v) is 5.44. The van der Waals surface area contributed by atoms with Crippen molar-refractivity contribution in [3.63, 3.8) is 0 Å². The molecule has 1 N–H and O–H groups in total. The standard InChI is InChI=1S/C12H18ClNS/c1-9(15-3)8-14-10(2)11-4-6-12(13)7-5-11/h4-7,9-10,14H,8H2,1-3H3. The highest BCUT2D eigenvalue weighted by molar-refractivity contribution is 7.99. The van der Waals surface area contributed by atoms with E-state index in [1.165, 1.54) is 5.56 Å². The van der Waals surface area contributed by atoms with Crippen molar-refractivity contribution >= 4 is 23.4 Å². The van der Waals surface area contributed by atoms with E-state index in [0.717, 1.165) is 11.6 Å². The Morgan fingerprint density at radius 1 is 1.27 bits per heavy atom. The van der Waals surface area contributed by atoms with Gasteiger partial charge >= 0.3 is 0 Å². The van der Waals surface area contributed by atoms with Gasteiger partial charge in [0.25, 0.3) is 0 Å². The summed E-state index contributed by atoms with van der Waals surface area (Å²) in [6, 6.07) is 8.41. The summed E-state index contributed by atoms with van der Waals surface area (Å²) in [6.45, 7) is 5.44. The van der Waals surface area contributed by atoms with E-state index >= 15 is 0 Å². The van der Waals surface area contributed by atoms with Crippen LogP contribution in [0.4, 0.5) is 0 Å².